The summed E-state index contributed by atoms with van der Waals surface area (Å²) in [5.74, 6) is -0.461. The molecule has 1 saturated heterocycles. The van der Waals surface area contributed by atoms with Crippen molar-refractivity contribution in [2.45, 2.75) is 18.8 Å². The smallest absolute Gasteiger partial charge is 0.261 e. The lowest BCUT2D eigenvalue weighted by molar-refractivity contribution is 0.0586. The monoisotopic (exact) mass is 466 g/mol. The Hall–Kier alpha value is -3.97. The fourth-order valence-corrected chi connectivity index (χ4v) is 5.63. The van der Waals surface area contributed by atoms with E-state index in [1.807, 2.05) is 54.7 Å². The van der Waals surface area contributed by atoms with Crippen molar-refractivity contribution in [1.82, 2.24) is 14.8 Å². The van der Waals surface area contributed by atoms with Crippen molar-refractivity contribution in [3.8, 4) is 0 Å². The molecule has 0 aliphatic carbocycles. The standard InChI is InChI=1S/C28H26N4O3/c29-26(33)19-7-8-24-22(15-19)23(16-30-24)17-9-11-31(12-10-17)13-14-32-27(34)20-5-1-3-18-4-2-6-21(25(18)20)28(32)35/h1-8,15-17,30H,9-14H2,(H2,29,33). The van der Waals surface area contributed by atoms with Crippen molar-refractivity contribution >= 4 is 39.4 Å². The van der Waals surface area contributed by atoms with Gasteiger partial charge in [0.1, 0.15) is 0 Å². The van der Waals surface area contributed by atoms with Crippen molar-refractivity contribution in [2.75, 3.05) is 26.2 Å². The lowest BCUT2D eigenvalue weighted by Gasteiger charge is -2.34. The molecule has 1 aromatic heterocycles. The molecule has 3 N–H and O–H groups in total. The van der Waals surface area contributed by atoms with Crippen LogP contribution in [0.3, 0.4) is 0 Å². The third-order valence-electron chi connectivity index (χ3n) is 7.52. The molecule has 0 atom stereocenters. The van der Waals surface area contributed by atoms with E-state index in [0.717, 1.165) is 47.6 Å². The van der Waals surface area contributed by atoms with Crippen LogP contribution in [-0.4, -0.2) is 58.7 Å². The molecule has 3 amide bonds. The number of likely N-dealkylation sites (tertiary alicyclic amines) is 1. The van der Waals surface area contributed by atoms with E-state index in [2.05, 4.69) is 9.88 Å². The van der Waals surface area contributed by atoms with E-state index in [4.69, 9.17) is 5.73 Å². The minimum atomic E-state index is -0.422. The number of aromatic amines is 1. The largest absolute Gasteiger partial charge is 0.366 e. The highest BCUT2D eigenvalue weighted by molar-refractivity contribution is 6.25. The van der Waals surface area contributed by atoms with Crippen molar-refractivity contribution in [3.05, 3.63) is 83.0 Å². The van der Waals surface area contributed by atoms with Crippen molar-refractivity contribution in [2.24, 2.45) is 5.73 Å². The maximum atomic E-state index is 13.1. The molecule has 4 aromatic rings. The zero-order valence-electron chi connectivity index (χ0n) is 19.3. The number of aromatic nitrogens is 1. The second kappa shape index (κ2) is 8.36. The summed E-state index contributed by atoms with van der Waals surface area (Å²) in [7, 11) is 0. The zero-order valence-corrected chi connectivity index (χ0v) is 19.3. The first-order valence-electron chi connectivity index (χ1n) is 12.0. The van der Waals surface area contributed by atoms with Crippen LogP contribution in [0.4, 0.5) is 0 Å². The van der Waals surface area contributed by atoms with Gasteiger partial charge in [-0.25, -0.2) is 0 Å². The van der Waals surface area contributed by atoms with Gasteiger partial charge in [0.2, 0.25) is 5.91 Å². The summed E-state index contributed by atoms with van der Waals surface area (Å²) in [5.41, 5.74) is 9.42. The van der Waals surface area contributed by atoms with Crippen LogP contribution >= 0.6 is 0 Å². The molecule has 1 fully saturated rings. The van der Waals surface area contributed by atoms with Crippen molar-refractivity contribution in [3.63, 3.8) is 0 Å². The zero-order chi connectivity index (χ0) is 24.1. The summed E-state index contributed by atoms with van der Waals surface area (Å²) in [6.07, 6.45) is 3.98. The minimum absolute atomic E-state index is 0.210. The van der Waals surface area contributed by atoms with Gasteiger partial charge >= 0.3 is 0 Å². The summed E-state index contributed by atoms with van der Waals surface area (Å²) < 4.78 is 0. The molecule has 0 saturated carbocycles. The number of piperidine rings is 1. The second-order valence-corrected chi connectivity index (χ2v) is 9.46. The van der Waals surface area contributed by atoms with Crippen LogP contribution in [0, 0.1) is 0 Å². The molecule has 0 bridgehead atoms. The number of rotatable bonds is 5. The van der Waals surface area contributed by atoms with Crippen LogP contribution in [0.25, 0.3) is 21.7 Å². The fraction of sp³-hybridized carbons (Fsp3) is 0.250. The molecule has 2 aliphatic rings. The Balaban J connectivity index is 1.13. The van der Waals surface area contributed by atoms with E-state index in [0.29, 0.717) is 35.7 Å². The topological polar surface area (TPSA) is 99.5 Å². The van der Waals surface area contributed by atoms with E-state index in [-0.39, 0.29) is 11.8 Å². The lowest BCUT2D eigenvalue weighted by atomic mass is 9.89. The maximum absolute atomic E-state index is 13.1. The first-order chi connectivity index (χ1) is 17.0. The average molecular weight is 467 g/mol. The Kier molecular flexibility index (Phi) is 5.15. The molecule has 6 rings (SSSR count). The molecule has 35 heavy (non-hydrogen) atoms. The molecule has 3 heterocycles. The number of hydrogen-bond acceptors (Lipinski definition) is 4. The summed E-state index contributed by atoms with van der Waals surface area (Å²) >= 11 is 0. The second-order valence-electron chi connectivity index (χ2n) is 9.46. The highest BCUT2D eigenvalue weighted by atomic mass is 16.2. The van der Waals surface area contributed by atoms with E-state index in [9.17, 15) is 14.4 Å². The third kappa shape index (κ3) is 3.59. The van der Waals surface area contributed by atoms with Crippen LogP contribution < -0.4 is 5.73 Å². The van der Waals surface area contributed by atoms with Crippen LogP contribution in [0.5, 0.6) is 0 Å². The molecule has 2 aliphatic heterocycles. The molecule has 176 valence electrons. The predicted molar refractivity (Wildman–Crippen MR) is 135 cm³/mol. The number of amides is 3. The van der Waals surface area contributed by atoms with Crippen molar-refractivity contribution in [1.29, 1.82) is 0 Å². The Morgan fingerprint density at radius 1 is 0.943 bits per heavy atom. The molecular formula is C28H26N4O3. The quantitative estimate of drug-likeness (QED) is 0.436. The van der Waals surface area contributed by atoms with Gasteiger partial charge in [-0.2, -0.15) is 0 Å². The Morgan fingerprint density at radius 3 is 2.29 bits per heavy atom. The summed E-state index contributed by atoms with van der Waals surface area (Å²) in [5, 5.41) is 2.74. The number of primary amides is 1. The first-order valence-corrected chi connectivity index (χ1v) is 12.0. The van der Waals surface area contributed by atoms with Gasteiger partial charge in [0, 0.05) is 52.3 Å². The van der Waals surface area contributed by atoms with Crippen LogP contribution in [0.2, 0.25) is 0 Å². The number of H-pyrrole nitrogens is 1. The summed E-state index contributed by atoms with van der Waals surface area (Å²) in [4.78, 5) is 44.9. The van der Waals surface area contributed by atoms with Crippen molar-refractivity contribution < 1.29 is 14.4 Å². The highest BCUT2D eigenvalue weighted by Gasteiger charge is 2.33. The molecule has 0 spiro atoms. The number of fused-ring (bicyclic) bond motifs is 1. The number of nitrogens with two attached hydrogens (primary N) is 1. The Morgan fingerprint density at radius 2 is 1.63 bits per heavy atom. The predicted octanol–water partition coefficient (Wildman–Crippen LogP) is 3.90. The number of imide groups is 1. The molecular weight excluding hydrogens is 440 g/mol. The third-order valence-corrected chi connectivity index (χ3v) is 7.52. The molecule has 7 heteroatoms. The Labute approximate surface area is 202 Å². The molecule has 3 aromatic carbocycles. The summed E-state index contributed by atoms with van der Waals surface area (Å²) in [6, 6.07) is 16.8. The normalized spacial score (nSPS) is 17.0. The number of benzene rings is 3. The van der Waals surface area contributed by atoms with Gasteiger partial charge in [0.05, 0.1) is 0 Å². The lowest BCUT2D eigenvalue weighted by Crippen LogP contribution is -2.45. The molecule has 7 nitrogen and oxygen atoms in total. The average Bonchev–Trinajstić information content (AvgIpc) is 3.31. The highest BCUT2D eigenvalue weighted by Crippen LogP contribution is 2.34. The van der Waals surface area contributed by atoms with Gasteiger partial charge in [-0.15, -0.1) is 0 Å². The van der Waals surface area contributed by atoms with Gasteiger partial charge < -0.3 is 15.6 Å². The van der Waals surface area contributed by atoms with Gasteiger partial charge in [0.25, 0.3) is 11.8 Å². The van der Waals surface area contributed by atoms with E-state index < -0.39 is 5.91 Å². The van der Waals surface area contributed by atoms with E-state index >= 15 is 0 Å². The van der Waals surface area contributed by atoms with Crippen LogP contribution in [0.15, 0.2) is 60.8 Å². The van der Waals surface area contributed by atoms with Gasteiger partial charge in [-0.05, 0) is 73.1 Å². The van der Waals surface area contributed by atoms with E-state index in [1.165, 1.54) is 10.5 Å². The van der Waals surface area contributed by atoms with Crippen LogP contribution in [-0.2, 0) is 0 Å². The number of nitrogens with zero attached hydrogens (tertiary/aromatic N) is 2. The Bertz CT molecular complexity index is 1450. The van der Waals surface area contributed by atoms with Gasteiger partial charge in [0.15, 0.2) is 0 Å². The first kappa shape index (κ1) is 21.6. The molecule has 0 unspecified atom stereocenters. The number of nitrogens with one attached hydrogen (secondary N) is 1. The number of carbonyl (C=O) groups excluding carboxylic acids is 3. The number of carbonyl (C=O) groups is 3. The minimum Gasteiger partial charge on any atom is -0.366 e. The van der Waals surface area contributed by atoms with Gasteiger partial charge in [-0.1, -0.05) is 24.3 Å². The fourth-order valence-electron chi connectivity index (χ4n) is 5.63. The summed E-state index contributed by atoms with van der Waals surface area (Å²) in [6.45, 7) is 2.80. The van der Waals surface area contributed by atoms with E-state index in [1.54, 1.807) is 6.07 Å². The number of hydrogen-bond donors (Lipinski definition) is 2. The van der Waals surface area contributed by atoms with Gasteiger partial charge in [-0.3, -0.25) is 19.3 Å². The van der Waals surface area contributed by atoms with Crippen LogP contribution in [0.1, 0.15) is 55.4 Å². The molecule has 0 radical (unpaired) electrons. The SMILES string of the molecule is NC(=O)c1ccc2[nH]cc(C3CCN(CCN4C(=O)c5cccc6cccc(c56)C4=O)CC3)c2c1. The maximum Gasteiger partial charge on any atom is 0.261 e.